The Labute approximate surface area is 148 Å². The maximum Gasteiger partial charge on any atom is 0.227 e. The van der Waals surface area contributed by atoms with Crippen molar-refractivity contribution in [1.82, 2.24) is 20.0 Å². The molecule has 1 amide bonds. The molecule has 134 valence electrons. The molecule has 1 aliphatic heterocycles. The molecule has 3 rings (SSSR count). The van der Waals surface area contributed by atoms with Crippen molar-refractivity contribution in [3.8, 4) is 11.3 Å². The molecule has 2 aromatic heterocycles. The van der Waals surface area contributed by atoms with Crippen molar-refractivity contribution in [1.29, 1.82) is 0 Å². The predicted molar refractivity (Wildman–Crippen MR) is 95.0 cm³/mol. The molecule has 1 fully saturated rings. The number of hydrogen-bond acceptors (Lipinski definition) is 5. The first-order valence-electron chi connectivity index (χ1n) is 8.82. The molecule has 0 bridgehead atoms. The van der Waals surface area contributed by atoms with Crippen LogP contribution in [0.2, 0.25) is 0 Å². The van der Waals surface area contributed by atoms with Crippen LogP contribution in [0.5, 0.6) is 0 Å². The molecular weight excluding hydrogens is 316 g/mol. The van der Waals surface area contributed by atoms with Crippen LogP contribution in [0.3, 0.4) is 0 Å². The number of carbonyl (C=O) groups excluding carboxylic acids is 1. The summed E-state index contributed by atoms with van der Waals surface area (Å²) in [6.45, 7) is 11.2. The fourth-order valence-corrected chi connectivity index (χ4v) is 3.34. The normalized spacial score (nSPS) is 18.4. The number of carbonyl (C=O) groups is 1. The highest BCUT2D eigenvalue weighted by molar-refractivity contribution is 5.81. The lowest BCUT2D eigenvalue weighted by molar-refractivity contribution is -0.140. The highest BCUT2D eigenvalue weighted by Gasteiger charge is 2.33. The maximum absolute atomic E-state index is 12.7. The Hall–Kier alpha value is -2.24. The second-order valence-corrected chi connectivity index (χ2v) is 7.89. The molecule has 6 heteroatoms. The van der Waals surface area contributed by atoms with Gasteiger partial charge in [0.05, 0.1) is 17.0 Å². The monoisotopic (exact) mass is 342 g/mol. The van der Waals surface area contributed by atoms with Crippen molar-refractivity contribution in [3.63, 3.8) is 0 Å². The van der Waals surface area contributed by atoms with Gasteiger partial charge in [0, 0.05) is 36.7 Å². The highest BCUT2D eigenvalue weighted by Crippen LogP contribution is 2.34. The third-order valence-electron chi connectivity index (χ3n) is 4.57. The number of piperidine rings is 1. The van der Waals surface area contributed by atoms with Crippen LogP contribution in [0, 0.1) is 19.3 Å². The summed E-state index contributed by atoms with van der Waals surface area (Å²) in [5, 5.41) is 3.98. The van der Waals surface area contributed by atoms with E-state index in [1.807, 2.05) is 51.8 Å². The molecule has 0 aromatic carbocycles. The lowest BCUT2D eigenvalue weighted by Crippen LogP contribution is -2.44. The average Bonchev–Trinajstić information content (AvgIpc) is 2.99. The molecular formula is C19H26N4O2. The Kier molecular flexibility index (Phi) is 4.62. The summed E-state index contributed by atoms with van der Waals surface area (Å²) in [7, 11) is 0. The van der Waals surface area contributed by atoms with Gasteiger partial charge < -0.3 is 9.42 Å². The molecule has 25 heavy (non-hydrogen) atoms. The third-order valence-corrected chi connectivity index (χ3v) is 4.57. The molecule has 0 saturated carbocycles. The molecule has 0 radical (unpaired) electrons. The highest BCUT2D eigenvalue weighted by atomic mass is 16.5. The summed E-state index contributed by atoms with van der Waals surface area (Å²) in [6.07, 6.45) is 3.79. The number of aryl methyl sites for hydroxylation is 2. The second kappa shape index (κ2) is 6.58. The lowest BCUT2D eigenvalue weighted by Gasteiger charge is -2.36. The fourth-order valence-electron chi connectivity index (χ4n) is 3.34. The number of amides is 1. The van der Waals surface area contributed by atoms with E-state index in [-0.39, 0.29) is 17.2 Å². The van der Waals surface area contributed by atoms with Crippen LogP contribution in [0.25, 0.3) is 11.3 Å². The number of likely N-dealkylation sites (tertiary alicyclic amines) is 1. The van der Waals surface area contributed by atoms with Crippen molar-refractivity contribution in [2.75, 3.05) is 13.1 Å². The Balaban J connectivity index is 1.93. The van der Waals surface area contributed by atoms with Gasteiger partial charge in [-0.05, 0) is 26.7 Å². The zero-order chi connectivity index (χ0) is 18.2. The zero-order valence-corrected chi connectivity index (χ0v) is 15.7. The predicted octanol–water partition coefficient (Wildman–Crippen LogP) is 3.50. The standard InChI is InChI=1S/C19H26N4O2/c1-12-9-16(25-22-12)15-10-20-13(2)21-17(15)14-7-6-8-23(11-14)18(24)19(3,4)5/h9-10,14H,6-8,11H2,1-5H3. The van der Waals surface area contributed by atoms with Gasteiger partial charge in [0.1, 0.15) is 5.82 Å². The van der Waals surface area contributed by atoms with Gasteiger partial charge in [0.25, 0.3) is 0 Å². The van der Waals surface area contributed by atoms with Gasteiger partial charge in [-0.15, -0.1) is 0 Å². The molecule has 0 spiro atoms. The topological polar surface area (TPSA) is 72.1 Å². The summed E-state index contributed by atoms with van der Waals surface area (Å²) >= 11 is 0. The Bertz CT molecular complexity index is 776. The quantitative estimate of drug-likeness (QED) is 0.835. The smallest absolute Gasteiger partial charge is 0.227 e. The van der Waals surface area contributed by atoms with E-state index in [0.717, 1.165) is 42.2 Å². The summed E-state index contributed by atoms with van der Waals surface area (Å²) in [5.74, 6) is 1.79. The van der Waals surface area contributed by atoms with Gasteiger partial charge in [-0.3, -0.25) is 4.79 Å². The number of rotatable bonds is 2. The summed E-state index contributed by atoms with van der Waals surface area (Å²) in [6, 6.07) is 1.90. The zero-order valence-electron chi connectivity index (χ0n) is 15.7. The molecule has 1 saturated heterocycles. The van der Waals surface area contributed by atoms with E-state index in [0.29, 0.717) is 12.3 Å². The number of aromatic nitrogens is 3. The largest absolute Gasteiger partial charge is 0.356 e. The fraction of sp³-hybridized carbons (Fsp3) is 0.579. The van der Waals surface area contributed by atoms with Crippen LogP contribution in [0.1, 0.15) is 56.7 Å². The van der Waals surface area contributed by atoms with Gasteiger partial charge in [0.15, 0.2) is 5.76 Å². The summed E-state index contributed by atoms with van der Waals surface area (Å²) in [4.78, 5) is 23.7. The SMILES string of the molecule is Cc1cc(-c2cnc(C)nc2C2CCCN(C(=O)C(C)(C)C)C2)on1. The van der Waals surface area contributed by atoms with Crippen LogP contribution in [-0.2, 0) is 4.79 Å². The Morgan fingerprint density at radius 2 is 2.08 bits per heavy atom. The lowest BCUT2D eigenvalue weighted by atomic mass is 9.88. The first kappa shape index (κ1) is 17.6. The van der Waals surface area contributed by atoms with Gasteiger partial charge in [-0.1, -0.05) is 25.9 Å². The van der Waals surface area contributed by atoms with Crippen LogP contribution >= 0.6 is 0 Å². The van der Waals surface area contributed by atoms with Gasteiger partial charge >= 0.3 is 0 Å². The molecule has 6 nitrogen and oxygen atoms in total. The Morgan fingerprint density at radius 3 is 2.72 bits per heavy atom. The van der Waals surface area contributed by atoms with E-state index in [1.165, 1.54) is 0 Å². The Morgan fingerprint density at radius 1 is 1.32 bits per heavy atom. The second-order valence-electron chi connectivity index (χ2n) is 7.89. The van der Waals surface area contributed by atoms with E-state index >= 15 is 0 Å². The minimum atomic E-state index is -0.367. The van der Waals surface area contributed by atoms with E-state index in [1.54, 1.807) is 0 Å². The molecule has 0 aliphatic carbocycles. The molecule has 1 atom stereocenters. The van der Waals surface area contributed by atoms with Crippen molar-refractivity contribution >= 4 is 5.91 Å². The van der Waals surface area contributed by atoms with Gasteiger partial charge in [0.2, 0.25) is 5.91 Å². The van der Waals surface area contributed by atoms with Crippen LogP contribution < -0.4 is 0 Å². The summed E-state index contributed by atoms with van der Waals surface area (Å²) < 4.78 is 5.44. The summed E-state index contributed by atoms with van der Waals surface area (Å²) in [5.41, 5.74) is 2.29. The minimum Gasteiger partial charge on any atom is -0.356 e. The van der Waals surface area contributed by atoms with Crippen LogP contribution in [0.15, 0.2) is 16.8 Å². The van der Waals surface area contributed by atoms with E-state index < -0.39 is 0 Å². The van der Waals surface area contributed by atoms with E-state index in [2.05, 4.69) is 10.1 Å². The molecule has 1 unspecified atom stereocenters. The third kappa shape index (κ3) is 3.72. The van der Waals surface area contributed by atoms with E-state index in [4.69, 9.17) is 9.51 Å². The van der Waals surface area contributed by atoms with E-state index in [9.17, 15) is 4.79 Å². The molecule has 2 aromatic rings. The van der Waals surface area contributed by atoms with Gasteiger partial charge in [-0.2, -0.15) is 0 Å². The molecule has 1 aliphatic rings. The molecule has 3 heterocycles. The number of hydrogen-bond donors (Lipinski definition) is 0. The molecule has 0 N–H and O–H groups in total. The average molecular weight is 342 g/mol. The van der Waals surface area contributed by atoms with Crippen molar-refractivity contribution in [2.45, 2.75) is 53.4 Å². The van der Waals surface area contributed by atoms with Crippen molar-refractivity contribution in [3.05, 3.63) is 29.5 Å². The maximum atomic E-state index is 12.7. The van der Waals surface area contributed by atoms with Crippen molar-refractivity contribution in [2.24, 2.45) is 5.41 Å². The van der Waals surface area contributed by atoms with Gasteiger partial charge in [-0.25, -0.2) is 9.97 Å². The van der Waals surface area contributed by atoms with Crippen molar-refractivity contribution < 1.29 is 9.32 Å². The minimum absolute atomic E-state index is 0.183. The van der Waals surface area contributed by atoms with Crippen LogP contribution in [-0.4, -0.2) is 39.0 Å². The van der Waals surface area contributed by atoms with Crippen LogP contribution in [0.4, 0.5) is 0 Å². The first-order chi connectivity index (χ1) is 11.8. The first-order valence-corrected chi connectivity index (χ1v) is 8.82. The number of nitrogens with zero attached hydrogens (tertiary/aromatic N) is 4.